The first-order valence-corrected chi connectivity index (χ1v) is 10.8. The van der Waals surface area contributed by atoms with Crippen LogP contribution in [0.1, 0.15) is 93.1 Å². The van der Waals surface area contributed by atoms with Crippen molar-refractivity contribution in [1.29, 1.82) is 0 Å². The topological polar surface area (TPSA) is 93.3 Å². The number of rotatable bonds is 8. The second-order valence-electron chi connectivity index (χ2n) is 8.29. The van der Waals surface area contributed by atoms with Crippen molar-refractivity contribution in [3.05, 3.63) is 57.4 Å². The lowest BCUT2D eigenvalue weighted by Crippen LogP contribution is -2.25. The average Bonchev–Trinajstić information content (AvgIpc) is 3.04. The van der Waals surface area contributed by atoms with E-state index < -0.39 is 17.9 Å². The molecule has 0 saturated carbocycles. The molecule has 1 atom stereocenters. The van der Waals surface area contributed by atoms with Crippen LogP contribution in [0.3, 0.4) is 0 Å². The van der Waals surface area contributed by atoms with Gasteiger partial charge in [-0.2, -0.15) is 0 Å². The number of aromatic nitrogens is 1. The third-order valence-electron chi connectivity index (χ3n) is 5.94. The van der Waals surface area contributed by atoms with Crippen molar-refractivity contribution in [1.82, 2.24) is 4.98 Å². The fourth-order valence-electron chi connectivity index (χ4n) is 4.30. The van der Waals surface area contributed by atoms with Gasteiger partial charge in [-0.25, -0.2) is 0 Å². The fraction of sp³-hybridized carbons (Fsp3) is 0.440. The molecule has 0 spiro atoms. The van der Waals surface area contributed by atoms with Gasteiger partial charge in [0.2, 0.25) is 5.78 Å². The van der Waals surface area contributed by atoms with Crippen molar-refractivity contribution in [2.45, 2.75) is 72.3 Å². The van der Waals surface area contributed by atoms with E-state index in [0.717, 1.165) is 19.3 Å². The number of carbonyl (C=O) groups excluding carboxylic acids is 4. The second kappa shape index (κ2) is 9.41. The molecular formula is C25H29NO5. The summed E-state index contributed by atoms with van der Waals surface area (Å²) < 4.78 is 5.26. The van der Waals surface area contributed by atoms with E-state index in [1.54, 1.807) is 13.8 Å². The monoisotopic (exact) mass is 423 g/mol. The van der Waals surface area contributed by atoms with Gasteiger partial charge in [0.25, 0.3) is 0 Å². The Balaban J connectivity index is 1.57. The van der Waals surface area contributed by atoms with Crippen LogP contribution in [0.2, 0.25) is 0 Å². The number of fused-ring (bicyclic) bond motifs is 1. The molecule has 3 rings (SSSR count). The number of aromatic amines is 1. The van der Waals surface area contributed by atoms with E-state index in [1.165, 1.54) is 31.4 Å². The van der Waals surface area contributed by atoms with E-state index in [-0.39, 0.29) is 30.1 Å². The van der Waals surface area contributed by atoms with Crippen LogP contribution in [0.5, 0.6) is 0 Å². The van der Waals surface area contributed by atoms with Crippen LogP contribution in [0.4, 0.5) is 0 Å². The van der Waals surface area contributed by atoms with Gasteiger partial charge in [-0.05, 0) is 76.1 Å². The van der Waals surface area contributed by atoms with E-state index in [1.807, 2.05) is 18.2 Å². The molecule has 0 bridgehead atoms. The maximum Gasteiger partial charge on any atom is 0.306 e. The summed E-state index contributed by atoms with van der Waals surface area (Å²) in [4.78, 5) is 52.1. The lowest BCUT2D eigenvalue weighted by atomic mass is 9.89. The van der Waals surface area contributed by atoms with Crippen LogP contribution >= 0.6 is 0 Å². The van der Waals surface area contributed by atoms with Gasteiger partial charge >= 0.3 is 5.97 Å². The van der Waals surface area contributed by atoms with Gasteiger partial charge in [0.05, 0.1) is 12.1 Å². The molecule has 0 unspecified atom stereocenters. The first-order valence-electron chi connectivity index (χ1n) is 10.8. The zero-order valence-corrected chi connectivity index (χ0v) is 18.6. The Kier molecular flexibility index (Phi) is 6.88. The molecule has 0 saturated heterocycles. The van der Waals surface area contributed by atoms with Crippen LogP contribution in [0.25, 0.3) is 0 Å². The molecule has 1 heterocycles. The van der Waals surface area contributed by atoms with Crippen molar-refractivity contribution < 1.29 is 23.9 Å². The Morgan fingerprint density at radius 2 is 1.71 bits per heavy atom. The maximum absolute atomic E-state index is 12.7. The van der Waals surface area contributed by atoms with Crippen molar-refractivity contribution in [3.63, 3.8) is 0 Å². The number of H-pyrrole nitrogens is 1. The van der Waals surface area contributed by atoms with Gasteiger partial charge < -0.3 is 9.72 Å². The number of carbonyl (C=O) groups is 4. The van der Waals surface area contributed by atoms with E-state index in [4.69, 9.17) is 4.74 Å². The zero-order valence-electron chi connectivity index (χ0n) is 18.6. The number of ketones is 3. The molecule has 0 fully saturated rings. The van der Waals surface area contributed by atoms with Gasteiger partial charge in [-0.3, -0.25) is 19.2 Å². The van der Waals surface area contributed by atoms with Gasteiger partial charge in [-0.15, -0.1) is 0 Å². The zero-order chi connectivity index (χ0) is 22.7. The third-order valence-corrected chi connectivity index (χ3v) is 5.94. The lowest BCUT2D eigenvalue weighted by Gasteiger charge is -2.16. The van der Waals surface area contributed by atoms with E-state index in [0.29, 0.717) is 22.4 Å². The van der Waals surface area contributed by atoms with Crippen molar-refractivity contribution in [3.8, 4) is 0 Å². The van der Waals surface area contributed by atoms with Gasteiger partial charge in [0.15, 0.2) is 17.7 Å². The predicted octanol–water partition coefficient (Wildman–Crippen LogP) is 4.49. The number of nitrogens with one attached hydrogen (secondary N) is 1. The Hall–Kier alpha value is -3.02. The molecule has 1 aliphatic rings. The number of aryl methyl sites for hydroxylation is 3. The van der Waals surface area contributed by atoms with Gasteiger partial charge in [0, 0.05) is 23.2 Å². The quantitative estimate of drug-likeness (QED) is 0.499. The molecule has 2 aromatic rings. The molecule has 31 heavy (non-hydrogen) atoms. The molecule has 6 nitrogen and oxygen atoms in total. The molecular weight excluding hydrogens is 394 g/mol. The molecule has 0 amide bonds. The van der Waals surface area contributed by atoms with Crippen LogP contribution in [0, 0.1) is 13.8 Å². The summed E-state index contributed by atoms with van der Waals surface area (Å²) in [6, 6.07) is 5.78. The highest BCUT2D eigenvalue weighted by Gasteiger charge is 2.26. The summed E-state index contributed by atoms with van der Waals surface area (Å²) in [5.74, 6) is -1.23. The lowest BCUT2D eigenvalue weighted by molar-refractivity contribution is -0.146. The van der Waals surface area contributed by atoms with E-state index in [9.17, 15) is 19.2 Å². The summed E-state index contributed by atoms with van der Waals surface area (Å²) >= 11 is 0. The number of esters is 1. The Morgan fingerprint density at radius 3 is 2.35 bits per heavy atom. The number of ether oxygens (including phenoxy) is 1. The largest absolute Gasteiger partial charge is 0.454 e. The average molecular weight is 424 g/mol. The minimum Gasteiger partial charge on any atom is -0.454 e. The molecule has 0 radical (unpaired) electrons. The number of hydrogen-bond donors (Lipinski definition) is 1. The fourth-order valence-corrected chi connectivity index (χ4v) is 4.30. The van der Waals surface area contributed by atoms with Crippen molar-refractivity contribution >= 4 is 23.3 Å². The molecule has 6 heteroatoms. The minimum atomic E-state index is -1.01. The van der Waals surface area contributed by atoms with Crippen molar-refractivity contribution in [2.75, 3.05) is 0 Å². The Morgan fingerprint density at radius 1 is 1.03 bits per heavy atom. The molecule has 1 aliphatic carbocycles. The SMILES string of the molecule is CC(=O)c1c(C)[nH]c(C(=O)[C@H](C)OC(=O)CCC(=O)c2ccc3c(c2)CCCC3)c1C. The smallest absolute Gasteiger partial charge is 0.306 e. The first kappa shape index (κ1) is 22.7. The van der Waals surface area contributed by atoms with Crippen LogP contribution in [-0.2, 0) is 22.4 Å². The summed E-state index contributed by atoms with van der Waals surface area (Å²) in [5, 5.41) is 0. The van der Waals surface area contributed by atoms with Gasteiger partial charge in [0.1, 0.15) is 0 Å². The molecule has 164 valence electrons. The summed E-state index contributed by atoms with van der Waals surface area (Å²) in [5.41, 5.74) is 5.07. The maximum atomic E-state index is 12.7. The summed E-state index contributed by atoms with van der Waals surface area (Å²) in [6.45, 7) is 6.36. The van der Waals surface area contributed by atoms with Crippen LogP contribution in [0.15, 0.2) is 18.2 Å². The standard InChI is InChI=1S/C25H29NO5/c1-14-23(16(3)27)15(2)26-24(14)25(30)17(4)31-22(29)12-11-21(28)20-10-9-18-7-5-6-8-19(18)13-20/h9-10,13,17,26H,5-8,11-12H2,1-4H3/t17-/m0/s1. The predicted molar refractivity (Wildman–Crippen MR) is 117 cm³/mol. The number of Topliss-reactive ketones (excluding diaryl/α,β-unsaturated/α-hetero) is 3. The molecule has 1 aromatic carbocycles. The van der Waals surface area contributed by atoms with Crippen LogP contribution < -0.4 is 0 Å². The molecule has 1 N–H and O–H groups in total. The summed E-state index contributed by atoms with van der Waals surface area (Å²) in [6.07, 6.45) is 3.29. The highest BCUT2D eigenvalue weighted by Crippen LogP contribution is 2.23. The molecule has 1 aromatic heterocycles. The second-order valence-corrected chi connectivity index (χ2v) is 8.29. The minimum absolute atomic E-state index is 0.0354. The number of benzene rings is 1. The van der Waals surface area contributed by atoms with Crippen molar-refractivity contribution in [2.24, 2.45) is 0 Å². The van der Waals surface area contributed by atoms with E-state index in [2.05, 4.69) is 4.98 Å². The Labute approximate surface area is 182 Å². The third kappa shape index (κ3) is 5.01. The molecule has 0 aliphatic heterocycles. The highest BCUT2D eigenvalue weighted by molar-refractivity contribution is 6.05. The highest BCUT2D eigenvalue weighted by atomic mass is 16.5. The number of hydrogen-bond acceptors (Lipinski definition) is 5. The normalized spacial score (nSPS) is 13.9. The first-order chi connectivity index (χ1) is 14.7. The van der Waals surface area contributed by atoms with Crippen LogP contribution in [-0.4, -0.2) is 34.4 Å². The summed E-state index contributed by atoms with van der Waals surface area (Å²) in [7, 11) is 0. The van der Waals surface area contributed by atoms with E-state index >= 15 is 0 Å². The Bertz CT molecular complexity index is 1050. The van der Waals surface area contributed by atoms with Gasteiger partial charge in [-0.1, -0.05) is 12.1 Å².